The quantitative estimate of drug-likeness (QED) is 0.452. The fourth-order valence-electron chi connectivity index (χ4n) is 2.75. The van der Waals surface area contributed by atoms with Crippen molar-refractivity contribution in [2.75, 3.05) is 40.1 Å². The Bertz CT molecular complexity index is 1280. The van der Waals surface area contributed by atoms with Crippen LogP contribution in [0.15, 0.2) is 18.6 Å². The lowest BCUT2D eigenvalue weighted by atomic mass is 10.3. The van der Waals surface area contributed by atoms with E-state index in [4.69, 9.17) is 4.74 Å². The van der Waals surface area contributed by atoms with Gasteiger partial charge in [0.2, 0.25) is 11.8 Å². The van der Waals surface area contributed by atoms with Gasteiger partial charge in [0.1, 0.15) is 22.4 Å². The van der Waals surface area contributed by atoms with Gasteiger partial charge < -0.3 is 19.9 Å². The predicted molar refractivity (Wildman–Crippen MR) is 115 cm³/mol. The third-order valence-corrected chi connectivity index (χ3v) is 5.39. The number of methoxy groups -OCH3 is 1. The van der Waals surface area contributed by atoms with Crippen LogP contribution in [0.3, 0.4) is 0 Å². The van der Waals surface area contributed by atoms with Gasteiger partial charge in [-0.05, 0) is 6.07 Å². The molecule has 0 bridgehead atoms. The van der Waals surface area contributed by atoms with E-state index in [1.807, 2.05) is 6.07 Å². The average Bonchev–Trinajstić information content (AvgIpc) is 3.39. The molecule has 4 aromatic rings. The average molecular weight is 441 g/mol. The van der Waals surface area contributed by atoms with Crippen molar-refractivity contribution in [3.8, 4) is 5.88 Å². The fraction of sp³-hybridized carbons (Fsp3) is 0.278. The third kappa shape index (κ3) is 3.94. The van der Waals surface area contributed by atoms with Gasteiger partial charge in [-0.2, -0.15) is 10.1 Å². The normalized spacial score (nSPS) is 11.0. The van der Waals surface area contributed by atoms with E-state index in [1.54, 1.807) is 27.3 Å². The SMILES string of the molecule is COc1nc2[nH]ncc2cc1Nc1ncnc2sc(C(=O)N(C)CC(=O)N(C)C)nc12. The number of H-pyrrole nitrogens is 1. The van der Waals surface area contributed by atoms with E-state index in [2.05, 4.69) is 35.5 Å². The fourth-order valence-corrected chi connectivity index (χ4v) is 3.65. The van der Waals surface area contributed by atoms with Crippen molar-refractivity contribution in [1.82, 2.24) is 39.9 Å². The molecule has 4 aromatic heterocycles. The Kier molecular flexibility index (Phi) is 5.33. The molecule has 0 saturated heterocycles. The number of fused-ring (bicyclic) bond motifs is 2. The number of nitrogens with zero attached hydrogens (tertiary/aromatic N) is 7. The molecule has 0 saturated carbocycles. The number of carbonyl (C=O) groups is 2. The number of hydrogen-bond acceptors (Lipinski definition) is 10. The first-order chi connectivity index (χ1) is 14.9. The molecule has 0 aliphatic rings. The van der Waals surface area contributed by atoms with Crippen LogP contribution in [0.2, 0.25) is 0 Å². The molecular formula is C18H19N9O3S. The summed E-state index contributed by atoms with van der Waals surface area (Å²) in [5.74, 6) is 0.184. The number of pyridine rings is 1. The van der Waals surface area contributed by atoms with Gasteiger partial charge in [-0.25, -0.2) is 15.0 Å². The highest BCUT2D eigenvalue weighted by molar-refractivity contribution is 7.19. The highest BCUT2D eigenvalue weighted by Gasteiger charge is 2.22. The lowest BCUT2D eigenvalue weighted by Gasteiger charge is -2.17. The van der Waals surface area contributed by atoms with Crippen LogP contribution < -0.4 is 10.1 Å². The minimum Gasteiger partial charge on any atom is -0.479 e. The maximum Gasteiger partial charge on any atom is 0.283 e. The number of aromatic nitrogens is 6. The molecule has 0 spiro atoms. The van der Waals surface area contributed by atoms with E-state index in [1.165, 1.54) is 23.2 Å². The first-order valence-electron chi connectivity index (χ1n) is 9.09. The number of amides is 2. The van der Waals surface area contributed by atoms with E-state index < -0.39 is 0 Å². The number of likely N-dealkylation sites (N-methyl/N-ethyl adjacent to an activating group) is 2. The van der Waals surface area contributed by atoms with E-state index in [-0.39, 0.29) is 23.4 Å². The highest BCUT2D eigenvalue weighted by atomic mass is 32.1. The summed E-state index contributed by atoms with van der Waals surface area (Å²) in [7, 11) is 6.33. The summed E-state index contributed by atoms with van der Waals surface area (Å²) in [6.45, 7) is -0.0495. The van der Waals surface area contributed by atoms with Gasteiger partial charge in [0, 0.05) is 26.5 Å². The zero-order valence-corrected chi connectivity index (χ0v) is 18.0. The lowest BCUT2D eigenvalue weighted by molar-refractivity contribution is -0.129. The zero-order chi connectivity index (χ0) is 22.1. The molecule has 13 heteroatoms. The number of nitrogens with one attached hydrogen (secondary N) is 2. The van der Waals surface area contributed by atoms with Gasteiger partial charge in [0.15, 0.2) is 16.5 Å². The summed E-state index contributed by atoms with van der Waals surface area (Å²) in [6.07, 6.45) is 3.03. The smallest absolute Gasteiger partial charge is 0.283 e. The Morgan fingerprint density at radius 3 is 2.77 bits per heavy atom. The molecule has 0 radical (unpaired) electrons. The molecule has 0 fully saturated rings. The maximum atomic E-state index is 12.8. The minimum absolute atomic E-state index is 0.0495. The number of ether oxygens (including phenoxy) is 1. The van der Waals surface area contributed by atoms with Crippen LogP contribution in [0, 0.1) is 0 Å². The minimum atomic E-state index is -0.372. The lowest BCUT2D eigenvalue weighted by Crippen LogP contribution is -2.37. The monoisotopic (exact) mass is 441 g/mol. The first-order valence-corrected chi connectivity index (χ1v) is 9.91. The number of aromatic amines is 1. The van der Waals surface area contributed by atoms with E-state index in [0.29, 0.717) is 33.4 Å². The number of anilines is 2. The zero-order valence-electron chi connectivity index (χ0n) is 17.2. The predicted octanol–water partition coefficient (Wildman–Crippen LogP) is 1.27. The second kappa shape index (κ2) is 8.10. The molecule has 2 amide bonds. The molecule has 0 aromatic carbocycles. The van der Waals surface area contributed by atoms with Crippen LogP contribution in [0.25, 0.3) is 21.4 Å². The molecule has 31 heavy (non-hydrogen) atoms. The summed E-state index contributed by atoms with van der Waals surface area (Å²) >= 11 is 1.13. The summed E-state index contributed by atoms with van der Waals surface area (Å²) in [4.78, 5) is 45.2. The van der Waals surface area contributed by atoms with Gasteiger partial charge in [0.05, 0.1) is 19.9 Å². The van der Waals surface area contributed by atoms with Gasteiger partial charge in [-0.1, -0.05) is 11.3 Å². The van der Waals surface area contributed by atoms with Gasteiger partial charge in [0.25, 0.3) is 5.91 Å². The van der Waals surface area contributed by atoms with Crippen LogP contribution in [-0.2, 0) is 4.79 Å². The summed E-state index contributed by atoms with van der Waals surface area (Å²) in [5.41, 5.74) is 1.58. The van der Waals surface area contributed by atoms with Gasteiger partial charge in [-0.3, -0.25) is 14.7 Å². The molecule has 0 atom stereocenters. The van der Waals surface area contributed by atoms with Crippen molar-refractivity contribution in [2.45, 2.75) is 0 Å². The Morgan fingerprint density at radius 1 is 1.23 bits per heavy atom. The Balaban J connectivity index is 1.65. The van der Waals surface area contributed by atoms with Gasteiger partial charge >= 0.3 is 0 Å². The number of carbonyl (C=O) groups excluding carboxylic acids is 2. The third-order valence-electron chi connectivity index (χ3n) is 4.43. The molecule has 0 aliphatic carbocycles. The standard InChI is InChI=1S/C18H19N9O3S/c1-26(2)11(28)7-27(3)18(29)17-23-12-14(19-8-20-16(12)31-17)22-10-5-9-6-21-25-13(9)24-15(10)30-4/h5-6,8H,7H2,1-4H3,(H,19,20,22)(H,21,24,25). The molecular weight excluding hydrogens is 422 g/mol. The molecule has 12 nitrogen and oxygen atoms in total. The van der Waals surface area contributed by atoms with E-state index >= 15 is 0 Å². The Morgan fingerprint density at radius 2 is 2.03 bits per heavy atom. The molecule has 4 rings (SSSR count). The van der Waals surface area contributed by atoms with Crippen LogP contribution in [0.1, 0.15) is 9.80 Å². The number of hydrogen-bond donors (Lipinski definition) is 2. The van der Waals surface area contributed by atoms with Crippen LogP contribution in [0.4, 0.5) is 11.5 Å². The van der Waals surface area contributed by atoms with E-state index in [0.717, 1.165) is 16.7 Å². The van der Waals surface area contributed by atoms with E-state index in [9.17, 15) is 9.59 Å². The molecule has 4 heterocycles. The number of thiazole rings is 1. The van der Waals surface area contributed by atoms with Crippen molar-refractivity contribution >= 4 is 56.0 Å². The van der Waals surface area contributed by atoms with Crippen molar-refractivity contribution in [3.05, 3.63) is 23.6 Å². The summed E-state index contributed by atoms with van der Waals surface area (Å²) < 4.78 is 5.36. The second-order valence-electron chi connectivity index (χ2n) is 6.82. The summed E-state index contributed by atoms with van der Waals surface area (Å²) in [5, 5.41) is 10.9. The summed E-state index contributed by atoms with van der Waals surface area (Å²) in [6, 6.07) is 1.82. The van der Waals surface area contributed by atoms with Crippen LogP contribution in [0.5, 0.6) is 5.88 Å². The highest BCUT2D eigenvalue weighted by Crippen LogP contribution is 2.32. The molecule has 0 aliphatic heterocycles. The van der Waals surface area contributed by atoms with Gasteiger partial charge in [-0.15, -0.1) is 0 Å². The first kappa shape index (κ1) is 20.4. The van der Waals surface area contributed by atoms with Crippen molar-refractivity contribution in [3.63, 3.8) is 0 Å². The number of rotatable bonds is 6. The molecule has 160 valence electrons. The molecule has 2 N–H and O–H groups in total. The van der Waals surface area contributed by atoms with Crippen molar-refractivity contribution in [1.29, 1.82) is 0 Å². The van der Waals surface area contributed by atoms with Crippen LogP contribution >= 0.6 is 11.3 Å². The molecule has 0 unspecified atom stereocenters. The maximum absolute atomic E-state index is 12.8. The topological polar surface area (TPSA) is 142 Å². The van der Waals surface area contributed by atoms with Crippen molar-refractivity contribution < 1.29 is 14.3 Å². The Labute approximate surface area is 180 Å². The Hall–Kier alpha value is -3.87. The van der Waals surface area contributed by atoms with Crippen molar-refractivity contribution in [2.24, 2.45) is 0 Å². The second-order valence-corrected chi connectivity index (χ2v) is 7.80. The largest absolute Gasteiger partial charge is 0.479 e. The van der Waals surface area contributed by atoms with Crippen LogP contribution in [-0.4, -0.2) is 86.5 Å².